The Morgan fingerprint density at radius 3 is 2.37 bits per heavy atom. The van der Waals surface area contributed by atoms with E-state index >= 15 is 0 Å². The second kappa shape index (κ2) is 6.63. The molecule has 0 aliphatic carbocycles. The van der Waals surface area contributed by atoms with Gasteiger partial charge >= 0.3 is 12.3 Å². The Kier molecular flexibility index (Phi) is 5.44. The van der Waals surface area contributed by atoms with Crippen molar-refractivity contribution in [3.63, 3.8) is 0 Å². The van der Waals surface area contributed by atoms with Crippen molar-refractivity contribution >= 4 is 12.0 Å². The van der Waals surface area contributed by atoms with E-state index in [1.807, 2.05) is 0 Å². The lowest BCUT2D eigenvalue weighted by atomic mass is 10.1. The van der Waals surface area contributed by atoms with Crippen LogP contribution in [0.5, 0.6) is 0 Å². The number of amides is 2. The van der Waals surface area contributed by atoms with E-state index in [4.69, 9.17) is 0 Å². The largest absolute Gasteiger partial charge is 0.440 e. The molecule has 8 heteroatoms. The van der Waals surface area contributed by atoms with Crippen LogP contribution in [0.4, 0.5) is 18.0 Å². The summed E-state index contributed by atoms with van der Waals surface area (Å²) in [6.07, 6.45) is -4.05. The van der Waals surface area contributed by atoms with Crippen LogP contribution in [-0.4, -0.2) is 48.8 Å². The van der Waals surface area contributed by atoms with E-state index in [-0.39, 0.29) is 25.0 Å². The topological polar surface area (TPSA) is 58.6 Å². The van der Waals surface area contributed by atoms with Crippen LogP contribution in [0.2, 0.25) is 0 Å². The van der Waals surface area contributed by atoms with Crippen molar-refractivity contribution in [2.75, 3.05) is 19.7 Å². The van der Waals surface area contributed by atoms with Crippen LogP contribution in [0.25, 0.3) is 0 Å². The third kappa shape index (κ3) is 5.80. The van der Waals surface area contributed by atoms with E-state index in [2.05, 4.69) is 10.1 Å². The number of halogens is 3. The Morgan fingerprint density at radius 2 is 1.89 bits per heavy atom. The Morgan fingerprint density at radius 1 is 1.32 bits per heavy atom. The number of nitrogens with zero attached hydrogens (tertiary/aromatic N) is 1. The summed E-state index contributed by atoms with van der Waals surface area (Å²) in [5.74, 6) is -0.0712. The summed E-state index contributed by atoms with van der Waals surface area (Å²) < 4.78 is 39.8. The Hall–Kier alpha value is -1.47. The molecule has 1 aliphatic heterocycles. The molecule has 0 bridgehead atoms. The van der Waals surface area contributed by atoms with Gasteiger partial charge in [-0.05, 0) is 12.8 Å². The highest BCUT2D eigenvalue weighted by atomic mass is 19.4. The van der Waals surface area contributed by atoms with Crippen molar-refractivity contribution < 1.29 is 27.5 Å². The number of carbonyl (C=O) groups is 2. The molecule has 0 aromatic rings. The molecule has 1 rings (SSSR count). The van der Waals surface area contributed by atoms with Gasteiger partial charge in [-0.25, -0.2) is 4.79 Å². The average molecular weight is 282 g/mol. The summed E-state index contributed by atoms with van der Waals surface area (Å²) in [6.45, 7) is 0.730. The van der Waals surface area contributed by atoms with E-state index in [1.165, 1.54) is 4.90 Å². The molecule has 110 valence electrons. The van der Waals surface area contributed by atoms with Crippen molar-refractivity contribution in [2.45, 2.75) is 38.4 Å². The van der Waals surface area contributed by atoms with Crippen LogP contribution >= 0.6 is 0 Å². The van der Waals surface area contributed by atoms with Crippen molar-refractivity contribution in [1.82, 2.24) is 10.2 Å². The lowest BCUT2D eigenvalue weighted by molar-refractivity contribution is -0.162. The molecule has 1 saturated heterocycles. The molecule has 0 aromatic carbocycles. The van der Waals surface area contributed by atoms with Gasteiger partial charge in [0.05, 0.1) is 0 Å². The number of carbonyl (C=O) groups excluding carboxylic acids is 2. The molecule has 0 atom stereocenters. The molecule has 1 N–H and O–H groups in total. The molecule has 0 saturated carbocycles. The highest BCUT2D eigenvalue weighted by Crippen LogP contribution is 2.16. The lowest BCUT2D eigenvalue weighted by Crippen LogP contribution is -2.47. The fourth-order valence-corrected chi connectivity index (χ4v) is 1.77. The number of piperidine rings is 1. The lowest BCUT2D eigenvalue weighted by Gasteiger charge is -2.31. The first kappa shape index (κ1) is 15.6. The summed E-state index contributed by atoms with van der Waals surface area (Å²) in [5.41, 5.74) is 0. The minimum Gasteiger partial charge on any atom is -0.440 e. The number of ether oxygens (including phenoxy) is 1. The molecule has 0 radical (unpaired) electrons. The fraction of sp³-hybridized carbons (Fsp3) is 0.818. The molecular formula is C11H17F3N2O3. The number of hydrogen-bond donors (Lipinski definition) is 1. The maximum atomic E-state index is 11.9. The molecule has 19 heavy (non-hydrogen) atoms. The average Bonchev–Trinajstić information content (AvgIpc) is 2.36. The molecule has 1 fully saturated rings. The molecule has 0 aromatic heterocycles. The first-order chi connectivity index (χ1) is 8.81. The smallest absolute Gasteiger partial charge is 0.422 e. The Labute approximate surface area is 109 Å². The summed E-state index contributed by atoms with van der Waals surface area (Å²) >= 11 is 0. The van der Waals surface area contributed by atoms with Crippen molar-refractivity contribution in [3.05, 3.63) is 0 Å². The third-order valence-corrected chi connectivity index (χ3v) is 2.80. The van der Waals surface area contributed by atoms with Gasteiger partial charge in [0.25, 0.3) is 0 Å². The zero-order valence-corrected chi connectivity index (χ0v) is 10.6. The molecule has 2 amide bonds. The minimum absolute atomic E-state index is 0.0286. The second-order valence-electron chi connectivity index (χ2n) is 4.35. The quantitative estimate of drug-likeness (QED) is 0.856. The van der Waals surface area contributed by atoms with E-state index in [0.717, 1.165) is 0 Å². The third-order valence-electron chi connectivity index (χ3n) is 2.80. The normalized spacial score (nSPS) is 17.2. The molecule has 5 nitrogen and oxygen atoms in total. The number of nitrogens with one attached hydrogen (secondary N) is 1. The highest BCUT2D eigenvalue weighted by molar-refractivity contribution is 5.75. The summed E-state index contributed by atoms with van der Waals surface area (Å²) in [6, 6.07) is -0.0286. The number of alkyl halides is 3. The molecular weight excluding hydrogens is 265 g/mol. The summed E-state index contributed by atoms with van der Waals surface area (Å²) in [4.78, 5) is 23.7. The van der Waals surface area contributed by atoms with E-state index < -0.39 is 18.9 Å². The first-order valence-electron chi connectivity index (χ1n) is 6.09. The number of rotatable bonds is 3. The predicted molar refractivity (Wildman–Crippen MR) is 60.4 cm³/mol. The van der Waals surface area contributed by atoms with Crippen LogP contribution in [-0.2, 0) is 9.53 Å². The van der Waals surface area contributed by atoms with Gasteiger partial charge < -0.3 is 15.0 Å². The number of likely N-dealkylation sites (tertiary alicyclic amines) is 1. The SMILES string of the molecule is CCC(=O)NC1CCN(C(=O)OCC(F)(F)F)CC1. The fourth-order valence-electron chi connectivity index (χ4n) is 1.77. The van der Waals surface area contributed by atoms with E-state index in [1.54, 1.807) is 6.92 Å². The van der Waals surface area contributed by atoms with Gasteiger partial charge in [-0.3, -0.25) is 4.79 Å². The van der Waals surface area contributed by atoms with E-state index in [9.17, 15) is 22.8 Å². The van der Waals surface area contributed by atoms with Crippen LogP contribution < -0.4 is 5.32 Å². The zero-order valence-electron chi connectivity index (χ0n) is 10.6. The molecule has 1 aliphatic rings. The maximum Gasteiger partial charge on any atom is 0.422 e. The zero-order chi connectivity index (χ0) is 14.5. The summed E-state index contributed by atoms with van der Waals surface area (Å²) in [7, 11) is 0. The van der Waals surface area contributed by atoms with Gasteiger partial charge in [-0.1, -0.05) is 6.92 Å². The standard InChI is InChI=1S/C11H17F3N2O3/c1-2-9(17)15-8-3-5-16(6-4-8)10(18)19-7-11(12,13)14/h8H,2-7H2,1H3,(H,15,17). The first-order valence-corrected chi connectivity index (χ1v) is 6.09. The van der Waals surface area contributed by atoms with Gasteiger partial charge in [-0.15, -0.1) is 0 Å². The Bertz CT molecular complexity index is 326. The maximum absolute atomic E-state index is 11.9. The highest BCUT2D eigenvalue weighted by Gasteiger charge is 2.31. The molecule has 0 spiro atoms. The van der Waals surface area contributed by atoms with Gasteiger partial charge in [0.2, 0.25) is 5.91 Å². The number of hydrogen-bond acceptors (Lipinski definition) is 3. The predicted octanol–water partition coefficient (Wildman–Crippen LogP) is 1.68. The van der Waals surface area contributed by atoms with Gasteiger partial charge in [-0.2, -0.15) is 13.2 Å². The van der Waals surface area contributed by atoms with Crippen LogP contribution in [0, 0.1) is 0 Å². The molecule has 1 heterocycles. The minimum atomic E-state index is -4.51. The van der Waals surface area contributed by atoms with Crippen LogP contribution in [0.3, 0.4) is 0 Å². The van der Waals surface area contributed by atoms with E-state index in [0.29, 0.717) is 19.3 Å². The van der Waals surface area contributed by atoms with Gasteiger partial charge in [0.1, 0.15) is 0 Å². The van der Waals surface area contributed by atoms with Crippen molar-refractivity contribution in [2.24, 2.45) is 0 Å². The molecule has 0 unspecified atom stereocenters. The van der Waals surface area contributed by atoms with Crippen molar-refractivity contribution in [3.8, 4) is 0 Å². The van der Waals surface area contributed by atoms with Gasteiger partial charge in [0.15, 0.2) is 6.61 Å². The van der Waals surface area contributed by atoms with Crippen LogP contribution in [0.15, 0.2) is 0 Å². The van der Waals surface area contributed by atoms with Crippen LogP contribution in [0.1, 0.15) is 26.2 Å². The van der Waals surface area contributed by atoms with Gasteiger partial charge in [0, 0.05) is 25.6 Å². The summed E-state index contributed by atoms with van der Waals surface area (Å²) in [5, 5.41) is 2.79. The van der Waals surface area contributed by atoms with Crippen molar-refractivity contribution in [1.29, 1.82) is 0 Å². The Balaban J connectivity index is 2.29. The second-order valence-corrected chi connectivity index (χ2v) is 4.35. The monoisotopic (exact) mass is 282 g/mol.